The van der Waals surface area contributed by atoms with Crippen LogP contribution in [0.2, 0.25) is 0 Å². The molecule has 2 rings (SSSR count). The minimum absolute atomic E-state index is 0.0188. The van der Waals surface area contributed by atoms with Gasteiger partial charge < -0.3 is 15.7 Å². The van der Waals surface area contributed by atoms with Crippen molar-refractivity contribution < 1.29 is 9.90 Å². The van der Waals surface area contributed by atoms with Crippen LogP contribution in [0, 0.1) is 0 Å². The number of carbonyl (C=O) groups excluding carboxylic acids is 1. The Labute approximate surface area is 115 Å². The number of rotatable bonds is 1. The van der Waals surface area contributed by atoms with Gasteiger partial charge in [-0.05, 0) is 38.0 Å². The smallest absolute Gasteiger partial charge is 0.257 e. The molecule has 1 heterocycles. The summed E-state index contributed by atoms with van der Waals surface area (Å²) in [5.41, 5.74) is 6.22. The second kappa shape index (κ2) is 5.28. The van der Waals surface area contributed by atoms with E-state index in [1.165, 1.54) is 6.07 Å². The maximum Gasteiger partial charge on any atom is 0.257 e. The molecule has 1 aromatic carbocycles. The summed E-state index contributed by atoms with van der Waals surface area (Å²) in [6.45, 7) is 2.64. The number of aromatic hydroxyl groups is 1. The fraction of sp³-hybridized carbons (Fsp3) is 0.462. The van der Waals surface area contributed by atoms with Crippen molar-refractivity contribution in [1.29, 1.82) is 0 Å². The van der Waals surface area contributed by atoms with E-state index in [1.807, 2.05) is 6.92 Å². The molecule has 2 atom stereocenters. The van der Waals surface area contributed by atoms with Crippen LogP contribution in [0.1, 0.15) is 30.1 Å². The number of halogens is 1. The third-order valence-electron chi connectivity index (χ3n) is 3.37. The Bertz CT molecular complexity index is 464. The predicted octanol–water partition coefficient (Wildman–Crippen LogP) is 2.11. The first kappa shape index (κ1) is 13.4. The van der Waals surface area contributed by atoms with E-state index >= 15 is 0 Å². The first-order valence-electron chi connectivity index (χ1n) is 6.04. The Hall–Kier alpha value is -1.07. The van der Waals surface area contributed by atoms with E-state index in [4.69, 9.17) is 5.73 Å². The van der Waals surface area contributed by atoms with Gasteiger partial charge in [-0.25, -0.2) is 0 Å². The molecule has 1 aliphatic heterocycles. The van der Waals surface area contributed by atoms with E-state index in [9.17, 15) is 9.90 Å². The normalized spacial score (nSPS) is 24.1. The quantitative estimate of drug-likeness (QED) is 0.834. The van der Waals surface area contributed by atoms with Crippen molar-refractivity contribution in [2.45, 2.75) is 31.8 Å². The number of phenolic OH excluding ortho intramolecular Hbond substituents is 1. The third-order valence-corrected chi connectivity index (χ3v) is 3.86. The standard InChI is InChI=1S/C13H17BrN2O2/c1-8-6-10(15)4-5-16(8)13(18)11-7-9(14)2-3-12(11)17/h2-3,7-8,10,17H,4-6,15H2,1H3. The van der Waals surface area contributed by atoms with E-state index in [0.717, 1.165) is 17.3 Å². The Morgan fingerprint density at radius 2 is 2.28 bits per heavy atom. The fourth-order valence-electron chi connectivity index (χ4n) is 2.34. The van der Waals surface area contributed by atoms with Gasteiger partial charge in [-0.2, -0.15) is 0 Å². The van der Waals surface area contributed by atoms with E-state index in [-0.39, 0.29) is 23.7 Å². The summed E-state index contributed by atoms with van der Waals surface area (Å²) in [5.74, 6) is -0.113. The predicted molar refractivity (Wildman–Crippen MR) is 73.5 cm³/mol. The Morgan fingerprint density at radius 3 is 2.94 bits per heavy atom. The molecular formula is C13H17BrN2O2. The zero-order valence-corrected chi connectivity index (χ0v) is 11.9. The van der Waals surface area contributed by atoms with Crippen LogP contribution in [0.5, 0.6) is 5.75 Å². The highest BCUT2D eigenvalue weighted by atomic mass is 79.9. The van der Waals surface area contributed by atoms with Crippen LogP contribution in [0.25, 0.3) is 0 Å². The lowest BCUT2D eigenvalue weighted by Gasteiger charge is -2.36. The Morgan fingerprint density at radius 1 is 1.56 bits per heavy atom. The molecule has 3 N–H and O–H groups in total. The summed E-state index contributed by atoms with van der Waals surface area (Å²) in [5, 5.41) is 9.78. The maximum absolute atomic E-state index is 12.4. The molecule has 1 saturated heterocycles. The van der Waals surface area contributed by atoms with Crippen molar-refractivity contribution in [2.24, 2.45) is 5.73 Å². The first-order valence-corrected chi connectivity index (χ1v) is 6.83. The van der Waals surface area contributed by atoms with E-state index in [0.29, 0.717) is 12.1 Å². The van der Waals surface area contributed by atoms with Gasteiger partial charge in [0, 0.05) is 23.1 Å². The minimum atomic E-state index is -0.131. The van der Waals surface area contributed by atoms with Crippen molar-refractivity contribution in [1.82, 2.24) is 4.90 Å². The van der Waals surface area contributed by atoms with Crippen LogP contribution in [0.3, 0.4) is 0 Å². The van der Waals surface area contributed by atoms with Gasteiger partial charge in [-0.3, -0.25) is 4.79 Å². The first-order chi connectivity index (χ1) is 8.49. The van der Waals surface area contributed by atoms with Crippen molar-refractivity contribution in [3.8, 4) is 5.75 Å². The fourth-order valence-corrected chi connectivity index (χ4v) is 2.71. The van der Waals surface area contributed by atoms with Crippen LogP contribution >= 0.6 is 15.9 Å². The monoisotopic (exact) mass is 312 g/mol. The highest BCUT2D eigenvalue weighted by Crippen LogP contribution is 2.26. The minimum Gasteiger partial charge on any atom is -0.507 e. The number of hydrogen-bond donors (Lipinski definition) is 2. The lowest BCUT2D eigenvalue weighted by Crippen LogP contribution is -2.48. The molecule has 18 heavy (non-hydrogen) atoms. The number of carbonyl (C=O) groups is 1. The average molecular weight is 313 g/mol. The van der Waals surface area contributed by atoms with Crippen molar-refractivity contribution in [3.63, 3.8) is 0 Å². The molecule has 1 aliphatic rings. The van der Waals surface area contributed by atoms with Crippen LogP contribution in [-0.4, -0.2) is 34.5 Å². The van der Waals surface area contributed by atoms with Crippen molar-refractivity contribution >= 4 is 21.8 Å². The Balaban J connectivity index is 2.23. The summed E-state index contributed by atoms with van der Waals surface area (Å²) in [6, 6.07) is 5.16. The van der Waals surface area contributed by atoms with Crippen LogP contribution in [0.15, 0.2) is 22.7 Å². The molecule has 5 heteroatoms. The molecule has 1 aromatic rings. The van der Waals surface area contributed by atoms with Gasteiger partial charge in [-0.1, -0.05) is 15.9 Å². The summed E-state index contributed by atoms with van der Waals surface area (Å²) in [6.07, 6.45) is 1.62. The van der Waals surface area contributed by atoms with Gasteiger partial charge in [-0.15, -0.1) is 0 Å². The van der Waals surface area contributed by atoms with Gasteiger partial charge in [0.2, 0.25) is 0 Å². The molecule has 0 bridgehead atoms. The number of phenols is 1. The lowest BCUT2D eigenvalue weighted by atomic mass is 9.98. The molecule has 0 aliphatic carbocycles. The summed E-state index contributed by atoms with van der Waals surface area (Å²) in [7, 11) is 0. The SMILES string of the molecule is CC1CC(N)CCN1C(=O)c1cc(Br)ccc1O. The van der Waals surface area contributed by atoms with Gasteiger partial charge >= 0.3 is 0 Å². The van der Waals surface area contributed by atoms with Crippen molar-refractivity contribution in [3.05, 3.63) is 28.2 Å². The maximum atomic E-state index is 12.4. The molecule has 1 amide bonds. The number of hydrogen-bond acceptors (Lipinski definition) is 3. The molecule has 0 saturated carbocycles. The average Bonchev–Trinajstić information content (AvgIpc) is 2.31. The number of benzene rings is 1. The van der Waals surface area contributed by atoms with E-state index in [1.54, 1.807) is 17.0 Å². The second-order valence-corrected chi connectivity index (χ2v) is 5.71. The van der Waals surface area contributed by atoms with Gasteiger partial charge in [0.15, 0.2) is 0 Å². The highest BCUT2D eigenvalue weighted by molar-refractivity contribution is 9.10. The molecule has 0 spiro atoms. The van der Waals surface area contributed by atoms with Gasteiger partial charge in [0.05, 0.1) is 5.56 Å². The molecule has 0 aromatic heterocycles. The summed E-state index contributed by atoms with van der Waals surface area (Å²) >= 11 is 3.31. The van der Waals surface area contributed by atoms with Gasteiger partial charge in [0.25, 0.3) is 5.91 Å². The van der Waals surface area contributed by atoms with Crippen molar-refractivity contribution in [2.75, 3.05) is 6.54 Å². The number of nitrogens with two attached hydrogens (primary N) is 1. The second-order valence-electron chi connectivity index (χ2n) is 4.79. The summed E-state index contributed by atoms with van der Waals surface area (Å²) in [4.78, 5) is 14.2. The topological polar surface area (TPSA) is 66.6 Å². The number of nitrogens with zero attached hydrogens (tertiary/aromatic N) is 1. The van der Waals surface area contributed by atoms with Crippen LogP contribution < -0.4 is 5.73 Å². The summed E-state index contributed by atoms with van der Waals surface area (Å²) < 4.78 is 0.782. The molecule has 1 fully saturated rings. The zero-order valence-electron chi connectivity index (χ0n) is 10.3. The molecule has 4 nitrogen and oxygen atoms in total. The van der Waals surface area contributed by atoms with E-state index < -0.39 is 0 Å². The zero-order chi connectivity index (χ0) is 13.3. The van der Waals surface area contributed by atoms with Gasteiger partial charge in [0.1, 0.15) is 5.75 Å². The molecule has 2 unspecified atom stereocenters. The van der Waals surface area contributed by atoms with E-state index in [2.05, 4.69) is 15.9 Å². The Kier molecular flexibility index (Phi) is 3.92. The molecule has 0 radical (unpaired) electrons. The largest absolute Gasteiger partial charge is 0.507 e. The highest BCUT2D eigenvalue weighted by Gasteiger charge is 2.28. The molecular weight excluding hydrogens is 296 g/mol. The van der Waals surface area contributed by atoms with Crippen LogP contribution in [0.4, 0.5) is 0 Å². The number of amides is 1. The van der Waals surface area contributed by atoms with Crippen LogP contribution in [-0.2, 0) is 0 Å². The third kappa shape index (κ3) is 2.67. The molecule has 98 valence electrons. The lowest BCUT2D eigenvalue weighted by molar-refractivity contribution is 0.0616. The number of piperidine rings is 1. The number of likely N-dealkylation sites (tertiary alicyclic amines) is 1.